The fourth-order valence-electron chi connectivity index (χ4n) is 4.03. The summed E-state index contributed by atoms with van der Waals surface area (Å²) in [4.78, 5) is 32.4. The second-order valence-corrected chi connectivity index (χ2v) is 8.63. The highest BCUT2D eigenvalue weighted by molar-refractivity contribution is 8.14. The van der Waals surface area contributed by atoms with Gasteiger partial charge in [-0.25, -0.2) is 0 Å². The molecular formula is C21H30N4O2S. The molecule has 0 saturated heterocycles. The van der Waals surface area contributed by atoms with Crippen LogP contribution in [-0.4, -0.2) is 53.3 Å². The molecule has 2 amide bonds. The van der Waals surface area contributed by atoms with Crippen LogP contribution in [0.15, 0.2) is 23.2 Å². The van der Waals surface area contributed by atoms with Crippen molar-refractivity contribution in [1.82, 2.24) is 10.2 Å². The molecule has 1 aromatic carbocycles. The lowest BCUT2D eigenvalue weighted by atomic mass is 9.79. The van der Waals surface area contributed by atoms with Crippen molar-refractivity contribution in [2.24, 2.45) is 4.99 Å². The van der Waals surface area contributed by atoms with Crippen LogP contribution in [0.3, 0.4) is 0 Å². The molecule has 2 aliphatic rings. The highest BCUT2D eigenvalue weighted by Gasteiger charge is 2.45. The van der Waals surface area contributed by atoms with E-state index < -0.39 is 5.54 Å². The van der Waals surface area contributed by atoms with Crippen LogP contribution in [0, 0.1) is 13.8 Å². The standard InChI is InChI=1S/C21H30N4O2S/c1-15-8-7-9-16(2)18(15)24-19(27)21(10-5-4-6-11-21)25(3)17(26)14-28-20-22-12-13-23-20/h7-9H,4-6,10-14H2,1-3H3,(H,22,23)(H,24,27). The van der Waals surface area contributed by atoms with Crippen LogP contribution >= 0.6 is 11.8 Å². The van der Waals surface area contributed by atoms with Gasteiger partial charge in [0.1, 0.15) is 5.54 Å². The topological polar surface area (TPSA) is 73.8 Å². The Bertz CT molecular complexity index is 751. The van der Waals surface area contributed by atoms with Gasteiger partial charge in [-0.05, 0) is 37.8 Å². The molecule has 0 radical (unpaired) electrons. The number of anilines is 1. The smallest absolute Gasteiger partial charge is 0.250 e. The summed E-state index contributed by atoms with van der Waals surface area (Å²) in [5.74, 6) is 0.197. The normalized spacial score (nSPS) is 18.2. The number of benzene rings is 1. The van der Waals surface area contributed by atoms with Gasteiger partial charge in [0.2, 0.25) is 11.8 Å². The first kappa shape index (κ1) is 20.7. The summed E-state index contributed by atoms with van der Waals surface area (Å²) in [6.07, 6.45) is 4.43. The Kier molecular flexibility index (Phi) is 6.65. The Balaban J connectivity index is 1.76. The molecule has 28 heavy (non-hydrogen) atoms. The van der Waals surface area contributed by atoms with Crippen LogP contribution in [0.25, 0.3) is 0 Å². The molecule has 1 aliphatic carbocycles. The number of likely N-dealkylation sites (N-methyl/N-ethyl adjacent to an activating group) is 1. The molecule has 1 fully saturated rings. The molecule has 0 atom stereocenters. The average molecular weight is 403 g/mol. The number of amides is 2. The number of aryl methyl sites for hydroxylation is 2. The Labute approximate surface area is 171 Å². The number of thioether (sulfide) groups is 1. The molecule has 0 bridgehead atoms. The van der Waals surface area contributed by atoms with E-state index in [4.69, 9.17) is 0 Å². The summed E-state index contributed by atoms with van der Waals surface area (Å²) in [5.41, 5.74) is 2.15. The lowest BCUT2D eigenvalue weighted by Crippen LogP contribution is -2.59. The second kappa shape index (κ2) is 8.99. The van der Waals surface area contributed by atoms with Gasteiger partial charge in [0.25, 0.3) is 0 Å². The Morgan fingerprint density at radius 1 is 1.21 bits per heavy atom. The molecule has 2 N–H and O–H groups in total. The van der Waals surface area contributed by atoms with Crippen molar-refractivity contribution in [3.8, 4) is 0 Å². The van der Waals surface area contributed by atoms with Gasteiger partial charge >= 0.3 is 0 Å². The van der Waals surface area contributed by atoms with Crippen LogP contribution in [0.1, 0.15) is 43.2 Å². The van der Waals surface area contributed by atoms with Crippen LogP contribution < -0.4 is 10.6 Å². The third-order valence-electron chi connectivity index (χ3n) is 5.81. The van der Waals surface area contributed by atoms with Gasteiger partial charge in [-0.2, -0.15) is 0 Å². The van der Waals surface area contributed by atoms with Crippen LogP contribution in [0.2, 0.25) is 0 Å². The number of carbonyl (C=O) groups is 2. The Morgan fingerprint density at radius 2 is 1.89 bits per heavy atom. The summed E-state index contributed by atoms with van der Waals surface area (Å²) in [6.45, 7) is 5.58. The molecular weight excluding hydrogens is 372 g/mol. The number of rotatable bonds is 5. The molecule has 1 heterocycles. The van der Waals surface area contributed by atoms with Crippen molar-refractivity contribution in [2.45, 2.75) is 51.5 Å². The van der Waals surface area contributed by atoms with Crippen molar-refractivity contribution >= 4 is 34.4 Å². The van der Waals surface area contributed by atoms with E-state index in [2.05, 4.69) is 15.6 Å². The molecule has 0 spiro atoms. The molecule has 3 rings (SSSR count). The number of hydrogen-bond donors (Lipinski definition) is 2. The quantitative estimate of drug-likeness (QED) is 0.794. The van der Waals surface area contributed by atoms with E-state index in [1.165, 1.54) is 11.8 Å². The number of para-hydroxylation sites is 1. The predicted octanol–water partition coefficient (Wildman–Crippen LogP) is 3.10. The van der Waals surface area contributed by atoms with Crippen molar-refractivity contribution in [3.63, 3.8) is 0 Å². The maximum atomic E-state index is 13.5. The van der Waals surface area contributed by atoms with E-state index in [-0.39, 0.29) is 11.8 Å². The zero-order valence-electron chi connectivity index (χ0n) is 17.0. The molecule has 0 unspecified atom stereocenters. The van der Waals surface area contributed by atoms with E-state index in [1.54, 1.807) is 11.9 Å². The van der Waals surface area contributed by atoms with Crippen molar-refractivity contribution in [3.05, 3.63) is 29.3 Å². The number of nitrogens with zero attached hydrogens (tertiary/aromatic N) is 2. The van der Waals surface area contributed by atoms with Crippen LogP contribution in [0.4, 0.5) is 5.69 Å². The number of amidine groups is 1. The highest BCUT2D eigenvalue weighted by atomic mass is 32.2. The molecule has 7 heteroatoms. The minimum atomic E-state index is -0.782. The number of hydrogen-bond acceptors (Lipinski definition) is 5. The van der Waals surface area contributed by atoms with E-state index in [0.29, 0.717) is 18.6 Å². The van der Waals surface area contributed by atoms with Gasteiger partial charge in [0.05, 0.1) is 12.3 Å². The molecule has 6 nitrogen and oxygen atoms in total. The van der Waals surface area contributed by atoms with Gasteiger partial charge in [-0.1, -0.05) is 49.2 Å². The maximum absolute atomic E-state index is 13.5. The predicted molar refractivity (Wildman–Crippen MR) is 116 cm³/mol. The lowest BCUT2D eigenvalue weighted by Gasteiger charge is -2.43. The third kappa shape index (κ3) is 4.35. The molecule has 1 aliphatic heterocycles. The van der Waals surface area contributed by atoms with Crippen molar-refractivity contribution in [1.29, 1.82) is 0 Å². The summed E-state index contributed by atoms with van der Waals surface area (Å²) in [7, 11) is 1.78. The van der Waals surface area contributed by atoms with E-state index in [1.807, 2.05) is 32.0 Å². The molecule has 1 aromatic rings. The molecule has 152 valence electrons. The number of nitrogens with one attached hydrogen (secondary N) is 2. The first-order valence-corrected chi connectivity index (χ1v) is 11.0. The molecule has 0 aromatic heterocycles. The van der Waals surface area contributed by atoms with Gasteiger partial charge < -0.3 is 15.5 Å². The zero-order valence-corrected chi connectivity index (χ0v) is 17.8. The van der Waals surface area contributed by atoms with E-state index in [0.717, 1.165) is 54.3 Å². The second-order valence-electron chi connectivity index (χ2n) is 7.67. The first-order valence-electron chi connectivity index (χ1n) is 9.99. The first-order chi connectivity index (χ1) is 13.4. The number of aliphatic imine (C=N–C) groups is 1. The molecule has 1 saturated carbocycles. The lowest BCUT2D eigenvalue weighted by molar-refractivity contribution is -0.143. The Morgan fingerprint density at radius 3 is 2.50 bits per heavy atom. The summed E-state index contributed by atoms with van der Waals surface area (Å²) in [5, 5.41) is 7.14. The van der Waals surface area contributed by atoms with E-state index >= 15 is 0 Å². The minimum Gasteiger partial charge on any atom is -0.363 e. The van der Waals surface area contributed by atoms with Crippen LogP contribution in [-0.2, 0) is 9.59 Å². The largest absolute Gasteiger partial charge is 0.363 e. The van der Waals surface area contributed by atoms with Gasteiger partial charge in [-0.3, -0.25) is 14.6 Å². The fraction of sp³-hybridized carbons (Fsp3) is 0.571. The van der Waals surface area contributed by atoms with E-state index in [9.17, 15) is 9.59 Å². The highest BCUT2D eigenvalue weighted by Crippen LogP contribution is 2.35. The zero-order chi connectivity index (χ0) is 20.1. The monoisotopic (exact) mass is 402 g/mol. The summed E-state index contributed by atoms with van der Waals surface area (Å²) < 4.78 is 0. The van der Waals surface area contributed by atoms with Crippen molar-refractivity contribution in [2.75, 3.05) is 31.2 Å². The Hall–Kier alpha value is -2.02. The maximum Gasteiger partial charge on any atom is 0.250 e. The average Bonchev–Trinajstić information content (AvgIpc) is 3.22. The number of carbonyl (C=O) groups excluding carboxylic acids is 2. The van der Waals surface area contributed by atoms with Crippen molar-refractivity contribution < 1.29 is 9.59 Å². The fourth-order valence-corrected chi connectivity index (χ4v) is 4.87. The summed E-state index contributed by atoms with van der Waals surface area (Å²) >= 11 is 1.42. The third-order valence-corrected chi connectivity index (χ3v) is 6.75. The SMILES string of the molecule is Cc1cccc(C)c1NC(=O)C1(N(C)C(=O)CSC2=NCCN2)CCCCC1. The minimum absolute atomic E-state index is 0.0278. The van der Waals surface area contributed by atoms with Gasteiger partial charge in [-0.15, -0.1) is 0 Å². The van der Waals surface area contributed by atoms with Gasteiger partial charge in [0, 0.05) is 19.3 Å². The van der Waals surface area contributed by atoms with Gasteiger partial charge in [0.15, 0.2) is 5.17 Å². The van der Waals surface area contributed by atoms with Crippen LogP contribution in [0.5, 0.6) is 0 Å². The summed E-state index contributed by atoms with van der Waals surface area (Å²) in [6, 6.07) is 5.98.